The molecule has 33 heavy (non-hydrogen) atoms. The second kappa shape index (κ2) is 15.0. The van der Waals surface area contributed by atoms with E-state index in [4.69, 9.17) is 9.47 Å². The maximum Gasteiger partial charge on any atom is 2.00 e. The van der Waals surface area contributed by atoms with Crippen molar-refractivity contribution in [1.29, 1.82) is 0 Å². The van der Waals surface area contributed by atoms with Crippen LogP contribution in [0.1, 0.15) is 47.2 Å². The summed E-state index contributed by atoms with van der Waals surface area (Å²) in [6.45, 7) is 11.6. The van der Waals surface area contributed by atoms with Crippen LogP contribution in [0.5, 0.6) is 11.5 Å². The molecule has 0 saturated carbocycles. The Morgan fingerprint density at radius 3 is 1.21 bits per heavy atom. The smallest absolute Gasteiger partial charge is 0.872 e. The van der Waals surface area contributed by atoms with Crippen LogP contribution in [0.2, 0.25) is 0 Å². The van der Waals surface area contributed by atoms with Gasteiger partial charge in [0.05, 0.1) is 13.2 Å². The predicted molar refractivity (Wildman–Crippen MR) is 122 cm³/mol. The Kier molecular flexibility index (Phi) is 13.7. The molecule has 0 aliphatic carbocycles. The number of esters is 2. The average Bonchev–Trinajstić information content (AvgIpc) is 2.67. The maximum absolute atomic E-state index is 11.2. The molecule has 0 bridgehead atoms. The third kappa shape index (κ3) is 10.5. The maximum atomic E-state index is 11.2. The Morgan fingerprint density at radius 2 is 0.970 bits per heavy atom. The third-order valence-corrected chi connectivity index (χ3v) is 4.48. The van der Waals surface area contributed by atoms with E-state index in [2.05, 4.69) is 0 Å². The molecule has 6 nitrogen and oxygen atoms in total. The number of benzene rings is 2. The number of ether oxygens (including phenoxy) is 2. The summed E-state index contributed by atoms with van der Waals surface area (Å²) in [4.78, 5) is 22.3. The number of carbonyl (C=O) groups excluding carboxylic acids is 2. The Bertz CT molecular complexity index is 880. The molecule has 0 atom stereocenters. The van der Waals surface area contributed by atoms with Crippen LogP contribution in [-0.2, 0) is 39.5 Å². The fraction of sp³-hybridized carbons (Fsp3) is 0.308. The first-order chi connectivity index (χ1) is 15.1. The van der Waals surface area contributed by atoms with E-state index < -0.39 is 0 Å². The topological polar surface area (TPSA) is 98.7 Å². The minimum atomic E-state index is -0.368. The fourth-order valence-corrected chi connectivity index (χ4v) is 3.08. The second-order valence-corrected chi connectivity index (χ2v) is 7.11. The molecule has 0 saturated heterocycles. The van der Waals surface area contributed by atoms with Gasteiger partial charge in [0.1, 0.15) is 0 Å². The molecule has 180 valence electrons. The van der Waals surface area contributed by atoms with Gasteiger partial charge in [0.15, 0.2) is 0 Å². The van der Waals surface area contributed by atoms with Crippen LogP contribution in [0.15, 0.2) is 36.4 Å². The normalized spacial score (nSPS) is 10.4. The zero-order valence-electron chi connectivity index (χ0n) is 19.8. The standard InChI is InChI=1S/2C13H16O3.Pd/c2*1-4-16-13(15)6-5-12-9(2)7-11(14)8-10(12)3;/h2*5-8,14H,4H2,1-3H3;/q;;+2/p-2. The van der Waals surface area contributed by atoms with Gasteiger partial charge in [-0.25, -0.2) is 9.59 Å². The number of hydrogen-bond donors (Lipinski definition) is 0. The minimum Gasteiger partial charge on any atom is -0.872 e. The van der Waals surface area contributed by atoms with Gasteiger partial charge in [0.25, 0.3) is 0 Å². The zero-order chi connectivity index (χ0) is 24.3. The van der Waals surface area contributed by atoms with Crippen molar-refractivity contribution in [3.8, 4) is 11.5 Å². The van der Waals surface area contributed by atoms with E-state index >= 15 is 0 Å². The predicted octanol–water partition coefficient (Wildman–Crippen LogP) is 3.90. The van der Waals surface area contributed by atoms with Crippen LogP contribution >= 0.6 is 0 Å². The van der Waals surface area contributed by atoms with Gasteiger partial charge in [0, 0.05) is 12.2 Å². The van der Waals surface area contributed by atoms with Crippen molar-refractivity contribution < 1.29 is 49.7 Å². The summed E-state index contributed by atoms with van der Waals surface area (Å²) < 4.78 is 9.56. The molecule has 0 heterocycles. The Hall–Kier alpha value is -2.88. The van der Waals surface area contributed by atoms with E-state index in [1.54, 1.807) is 50.3 Å². The summed E-state index contributed by atoms with van der Waals surface area (Å²) in [5.41, 5.74) is 5.26. The molecule has 0 spiro atoms. The monoisotopic (exact) mass is 544 g/mol. The van der Waals surface area contributed by atoms with Crippen LogP contribution < -0.4 is 10.2 Å². The molecule has 0 amide bonds. The second-order valence-electron chi connectivity index (χ2n) is 7.11. The molecule has 0 N–H and O–H groups in total. The largest absolute Gasteiger partial charge is 2.00 e. The first kappa shape index (κ1) is 30.1. The van der Waals surface area contributed by atoms with E-state index in [-0.39, 0.29) is 43.9 Å². The van der Waals surface area contributed by atoms with E-state index in [0.717, 1.165) is 33.4 Å². The van der Waals surface area contributed by atoms with Crippen molar-refractivity contribution in [1.82, 2.24) is 0 Å². The minimum absolute atomic E-state index is 0. The summed E-state index contributed by atoms with van der Waals surface area (Å²) in [7, 11) is 0. The van der Waals surface area contributed by atoms with Gasteiger partial charge in [-0.15, -0.1) is 11.5 Å². The van der Waals surface area contributed by atoms with Gasteiger partial charge in [0.2, 0.25) is 0 Å². The van der Waals surface area contributed by atoms with E-state index in [1.165, 1.54) is 12.2 Å². The fourth-order valence-electron chi connectivity index (χ4n) is 3.08. The van der Waals surface area contributed by atoms with Gasteiger partial charge < -0.3 is 19.7 Å². The molecule has 0 unspecified atom stereocenters. The number of carbonyl (C=O) groups is 2. The van der Waals surface area contributed by atoms with Crippen molar-refractivity contribution in [2.24, 2.45) is 0 Å². The Labute approximate surface area is 209 Å². The summed E-state index contributed by atoms with van der Waals surface area (Å²) in [6.07, 6.45) is 6.12. The molecule has 0 aromatic heterocycles. The molecule has 2 aromatic carbocycles. The Balaban J connectivity index is 0.000000602. The van der Waals surface area contributed by atoms with Crippen LogP contribution in [0.4, 0.5) is 0 Å². The van der Waals surface area contributed by atoms with Gasteiger partial charge in [-0.1, -0.05) is 24.3 Å². The summed E-state index contributed by atoms with van der Waals surface area (Å²) in [5.74, 6) is -0.758. The van der Waals surface area contributed by atoms with E-state index in [9.17, 15) is 19.8 Å². The van der Waals surface area contributed by atoms with Gasteiger partial charge in [-0.2, -0.15) is 0 Å². The van der Waals surface area contributed by atoms with Gasteiger partial charge >= 0.3 is 32.4 Å². The van der Waals surface area contributed by atoms with Gasteiger partial charge in [-0.3, -0.25) is 0 Å². The third-order valence-electron chi connectivity index (χ3n) is 4.48. The van der Waals surface area contributed by atoms with Crippen LogP contribution in [-0.4, -0.2) is 25.2 Å². The van der Waals surface area contributed by atoms with Crippen molar-refractivity contribution in [3.63, 3.8) is 0 Å². The van der Waals surface area contributed by atoms with Crippen LogP contribution in [0.3, 0.4) is 0 Å². The van der Waals surface area contributed by atoms with Crippen LogP contribution in [0.25, 0.3) is 12.2 Å². The van der Waals surface area contributed by atoms with E-state index in [0.29, 0.717) is 13.2 Å². The first-order valence-electron chi connectivity index (χ1n) is 10.3. The molecule has 0 fully saturated rings. The molecule has 7 heteroatoms. The van der Waals surface area contributed by atoms with Crippen molar-refractivity contribution in [2.75, 3.05) is 13.2 Å². The molecule has 2 aromatic rings. The number of rotatable bonds is 6. The molecule has 0 radical (unpaired) electrons. The summed E-state index contributed by atoms with van der Waals surface area (Å²) >= 11 is 0. The molecule has 0 aliphatic rings. The SMILES string of the molecule is CCOC(=O)C=Cc1c(C)cc([O-])cc1C.CCOC(=O)C=Cc1c(C)cc([O-])cc1C.[Pd+2]. The molecule has 0 aliphatic heterocycles. The van der Waals surface area contributed by atoms with Gasteiger partial charge in [-0.05, 0) is 87.1 Å². The van der Waals surface area contributed by atoms with Crippen molar-refractivity contribution in [2.45, 2.75) is 41.5 Å². The molecule has 2 rings (SSSR count). The average molecular weight is 545 g/mol. The van der Waals surface area contributed by atoms with Crippen LogP contribution in [0, 0.1) is 27.7 Å². The first-order valence-corrected chi connectivity index (χ1v) is 10.3. The van der Waals surface area contributed by atoms with Crippen molar-refractivity contribution >= 4 is 24.1 Å². The molecular weight excluding hydrogens is 515 g/mol. The zero-order valence-corrected chi connectivity index (χ0v) is 21.4. The van der Waals surface area contributed by atoms with E-state index in [1.807, 2.05) is 27.7 Å². The Morgan fingerprint density at radius 1 is 0.697 bits per heavy atom. The number of aryl methyl sites for hydroxylation is 4. The summed E-state index contributed by atoms with van der Waals surface area (Å²) in [6, 6.07) is 6.21. The molecular formula is C26H30O6Pd. The van der Waals surface area contributed by atoms with Crippen molar-refractivity contribution in [3.05, 3.63) is 69.8 Å². The summed E-state index contributed by atoms with van der Waals surface area (Å²) in [5, 5.41) is 22.4. The quantitative estimate of drug-likeness (QED) is 0.311. The number of hydrogen-bond acceptors (Lipinski definition) is 6.